The van der Waals surface area contributed by atoms with Gasteiger partial charge in [-0.15, -0.1) is 0 Å². The molecular formula is C18H24N2O3S. The summed E-state index contributed by atoms with van der Waals surface area (Å²) in [7, 11) is 3.34. The highest BCUT2D eigenvalue weighted by molar-refractivity contribution is 7.16. The van der Waals surface area contributed by atoms with Gasteiger partial charge in [-0.25, -0.2) is 0 Å². The van der Waals surface area contributed by atoms with Gasteiger partial charge in [-0.1, -0.05) is 24.2 Å². The normalized spacial score (nSPS) is 16.2. The molecule has 130 valence electrons. The van der Waals surface area contributed by atoms with Crippen LogP contribution in [0.25, 0.3) is 10.2 Å². The van der Waals surface area contributed by atoms with Crippen molar-refractivity contribution < 1.29 is 14.3 Å². The number of hydrogen-bond acceptors (Lipinski definition) is 4. The van der Waals surface area contributed by atoms with E-state index in [0.29, 0.717) is 25.5 Å². The molecule has 0 aliphatic heterocycles. The number of aromatic nitrogens is 1. The lowest BCUT2D eigenvalue weighted by Crippen LogP contribution is -2.19. The number of rotatable bonds is 6. The van der Waals surface area contributed by atoms with E-state index in [1.165, 1.54) is 24.2 Å². The number of hydrogen-bond donors (Lipinski definition) is 0. The lowest BCUT2D eigenvalue weighted by molar-refractivity contribution is -0.118. The number of fused-ring (bicyclic) bond motifs is 1. The molecule has 1 aromatic heterocycles. The van der Waals surface area contributed by atoms with E-state index in [2.05, 4.69) is 9.56 Å². The fourth-order valence-electron chi connectivity index (χ4n) is 3.28. The van der Waals surface area contributed by atoms with Crippen LogP contribution in [0.5, 0.6) is 5.75 Å². The largest absolute Gasteiger partial charge is 0.497 e. The van der Waals surface area contributed by atoms with Crippen LogP contribution in [-0.2, 0) is 16.1 Å². The van der Waals surface area contributed by atoms with Gasteiger partial charge in [0.2, 0.25) is 5.91 Å². The molecule has 2 aromatic rings. The van der Waals surface area contributed by atoms with E-state index in [0.717, 1.165) is 33.6 Å². The maximum absolute atomic E-state index is 12.4. The number of carbonyl (C=O) groups is 1. The summed E-state index contributed by atoms with van der Waals surface area (Å²) in [6, 6.07) is 5.94. The Morgan fingerprint density at radius 2 is 2.12 bits per heavy atom. The van der Waals surface area contributed by atoms with Gasteiger partial charge in [-0.05, 0) is 37.0 Å². The third kappa shape index (κ3) is 3.87. The van der Waals surface area contributed by atoms with Gasteiger partial charge in [0.1, 0.15) is 5.75 Å². The Morgan fingerprint density at radius 1 is 1.33 bits per heavy atom. The van der Waals surface area contributed by atoms with Crippen LogP contribution in [0.15, 0.2) is 23.2 Å². The highest BCUT2D eigenvalue weighted by Gasteiger charge is 2.18. The summed E-state index contributed by atoms with van der Waals surface area (Å²) in [5.41, 5.74) is 1.06. The number of thiazole rings is 1. The van der Waals surface area contributed by atoms with Crippen LogP contribution in [0.3, 0.4) is 0 Å². The quantitative estimate of drug-likeness (QED) is 0.804. The number of carbonyl (C=O) groups excluding carboxylic acids is 1. The summed E-state index contributed by atoms with van der Waals surface area (Å²) < 4.78 is 13.6. The molecule has 0 atom stereocenters. The molecule has 1 heterocycles. The standard InChI is InChI=1S/C18H24N2O3S/c1-22-10-9-20-15-8-7-14(23-2)12-16(15)24-18(20)19-17(21)11-13-5-3-4-6-13/h7-8,12-13H,3-6,9-11H2,1-2H3. The first-order valence-corrected chi connectivity index (χ1v) is 9.27. The second kappa shape index (κ2) is 7.94. The van der Waals surface area contributed by atoms with Crippen molar-refractivity contribution in [3.05, 3.63) is 23.0 Å². The van der Waals surface area contributed by atoms with Gasteiger partial charge in [0.25, 0.3) is 0 Å². The van der Waals surface area contributed by atoms with Crippen LogP contribution in [0, 0.1) is 5.92 Å². The van der Waals surface area contributed by atoms with Crippen LogP contribution < -0.4 is 9.54 Å². The zero-order chi connectivity index (χ0) is 16.9. The second-order valence-electron chi connectivity index (χ2n) is 6.22. The SMILES string of the molecule is COCCn1c(=NC(=O)CC2CCCC2)sc2cc(OC)ccc21. The molecule has 0 bridgehead atoms. The maximum atomic E-state index is 12.4. The van der Waals surface area contributed by atoms with Crippen molar-refractivity contribution >= 4 is 27.5 Å². The van der Waals surface area contributed by atoms with Crippen LogP contribution in [0.4, 0.5) is 0 Å². The number of methoxy groups -OCH3 is 2. The van der Waals surface area contributed by atoms with Gasteiger partial charge in [0.15, 0.2) is 4.80 Å². The molecule has 1 saturated carbocycles. The molecule has 0 saturated heterocycles. The minimum atomic E-state index is -0.00779. The molecule has 24 heavy (non-hydrogen) atoms. The van der Waals surface area contributed by atoms with Crippen molar-refractivity contribution in [3.63, 3.8) is 0 Å². The van der Waals surface area contributed by atoms with Crippen molar-refractivity contribution in [1.82, 2.24) is 4.57 Å². The Kier molecular flexibility index (Phi) is 5.68. The molecule has 1 amide bonds. The fourth-order valence-corrected chi connectivity index (χ4v) is 4.38. The van der Waals surface area contributed by atoms with E-state index in [9.17, 15) is 4.79 Å². The van der Waals surface area contributed by atoms with Gasteiger partial charge in [-0.3, -0.25) is 4.79 Å². The molecule has 3 rings (SSSR count). The summed E-state index contributed by atoms with van der Waals surface area (Å²) in [6.45, 7) is 1.26. The van der Waals surface area contributed by atoms with Crippen molar-refractivity contribution in [2.24, 2.45) is 10.9 Å². The molecule has 1 fully saturated rings. The van der Waals surface area contributed by atoms with Gasteiger partial charge < -0.3 is 14.0 Å². The van der Waals surface area contributed by atoms with E-state index < -0.39 is 0 Å². The predicted octanol–water partition coefficient (Wildman–Crippen LogP) is 3.37. The van der Waals surface area contributed by atoms with Gasteiger partial charge >= 0.3 is 0 Å². The highest BCUT2D eigenvalue weighted by atomic mass is 32.1. The monoisotopic (exact) mass is 348 g/mol. The Hall–Kier alpha value is -1.66. The average Bonchev–Trinajstić information content (AvgIpc) is 3.19. The van der Waals surface area contributed by atoms with Crippen LogP contribution in [0.2, 0.25) is 0 Å². The summed E-state index contributed by atoms with van der Waals surface area (Å²) in [6.07, 6.45) is 5.38. The molecule has 5 nitrogen and oxygen atoms in total. The number of nitrogens with zero attached hydrogens (tertiary/aromatic N) is 2. The van der Waals surface area contributed by atoms with Crippen molar-refractivity contribution in [1.29, 1.82) is 0 Å². The lowest BCUT2D eigenvalue weighted by atomic mass is 10.0. The molecule has 0 N–H and O–H groups in total. The number of benzene rings is 1. The topological polar surface area (TPSA) is 52.8 Å². The summed E-state index contributed by atoms with van der Waals surface area (Å²) >= 11 is 1.53. The first-order valence-electron chi connectivity index (χ1n) is 8.45. The Bertz CT molecular complexity index is 772. The zero-order valence-corrected chi connectivity index (χ0v) is 15.1. The van der Waals surface area contributed by atoms with Crippen molar-refractivity contribution in [2.45, 2.75) is 38.6 Å². The average molecular weight is 348 g/mol. The van der Waals surface area contributed by atoms with E-state index in [1.807, 2.05) is 18.2 Å². The number of amides is 1. The Balaban J connectivity index is 1.94. The second-order valence-corrected chi connectivity index (χ2v) is 7.23. The smallest absolute Gasteiger partial charge is 0.248 e. The summed E-state index contributed by atoms with van der Waals surface area (Å²) in [4.78, 5) is 17.5. The van der Waals surface area contributed by atoms with Crippen LogP contribution in [-0.4, -0.2) is 31.3 Å². The molecule has 0 spiro atoms. The maximum Gasteiger partial charge on any atom is 0.248 e. The van der Waals surface area contributed by atoms with Crippen molar-refractivity contribution in [2.75, 3.05) is 20.8 Å². The molecule has 6 heteroatoms. The minimum absolute atomic E-state index is 0.00779. The fraction of sp³-hybridized carbons (Fsp3) is 0.556. The first-order chi connectivity index (χ1) is 11.7. The molecule has 1 aromatic carbocycles. The van der Waals surface area contributed by atoms with Gasteiger partial charge in [0, 0.05) is 20.1 Å². The predicted molar refractivity (Wildman–Crippen MR) is 95.4 cm³/mol. The van der Waals surface area contributed by atoms with Crippen LogP contribution >= 0.6 is 11.3 Å². The Labute approximate surface area is 145 Å². The third-order valence-electron chi connectivity index (χ3n) is 4.57. The van der Waals surface area contributed by atoms with E-state index in [4.69, 9.17) is 9.47 Å². The molecule has 1 aliphatic rings. The Morgan fingerprint density at radius 3 is 2.83 bits per heavy atom. The zero-order valence-electron chi connectivity index (χ0n) is 14.3. The third-order valence-corrected chi connectivity index (χ3v) is 5.61. The molecule has 0 radical (unpaired) electrons. The van der Waals surface area contributed by atoms with Crippen LogP contribution in [0.1, 0.15) is 32.1 Å². The summed E-state index contributed by atoms with van der Waals surface area (Å²) in [5.74, 6) is 1.32. The van der Waals surface area contributed by atoms with E-state index in [-0.39, 0.29) is 5.91 Å². The number of ether oxygens (including phenoxy) is 2. The van der Waals surface area contributed by atoms with Crippen molar-refractivity contribution in [3.8, 4) is 5.75 Å². The minimum Gasteiger partial charge on any atom is -0.497 e. The van der Waals surface area contributed by atoms with E-state index in [1.54, 1.807) is 14.2 Å². The molecule has 0 unspecified atom stereocenters. The molecule has 1 aliphatic carbocycles. The van der Waals surface area contributed by atoms with Gasteiger partial charge in [0.05, 0.1) is 23.9 Å². The summed E-state index contributed by atoms with van der Waals surface area (Å²) in [5, 5.41) is 0. The lowest BCUT2D eigenvalue weighted by Gasteiger charge is -2.06. The van der Waals surface area contributed by atoms with Gasteiger partial charge in [-0.2, -0.15) is 4.99 Å². The molecular weight excluding hydrogens is 324 g/mol. The first kappa shape index (κ1) is 17.2. The highest BCUT2D eigenvalue weighted by Crippen LogP contribution is 2.28. The van der Waals surface area contributed by atoms with E-state index >= 15 is 0 Å².